The van der Waals surface area contributed by atoms with Crippen LogP contribution in [-0.4, -0.2) is 15.9 Å². The first-order valence-corrected chi connectivity index (χ1v) is 8.56. The summed E-state index contributed by atoms with van der Waals surface area (Å²) in [6.07, 6.45) is 1.63. The molecule has 4 aromatic rings. The summed E-state index contributed by atoms with van der Waals surface area (Å²) in [6, 6.07) is 24.3. The number of nitrogens with zero attached hydrogens (tertiary/aromatic N) is 3. The van der Waals surface area contributed by atoms with Crippen LogP contribution in [0.5, 0.6) is 11.5 Å². The highest BCUT2D eigenvalue weighted by molar-refractivity contribution is 5.81. The summed E-state index contributed by atoms with van der Waals surface area (Å²) < 4.78 is 7.15. The summed E-state index contributed by atoms with van der Waals surface area (Å²) in [5.74, 6) is 2.00. The number of ether oxygens (including phenoxy) is 1. The van der Waals surface area contributed by atoms with Crippen LogP contribution in [-0.2, 0) is 0 Å². The Labute approximate surface area is 156 Å². The Morgan fingerprint density at radius 1 is 0.926 bits per heavy atom. The van der Waals surface area contributed by atoms with E-state index in [2.05, 4.69) is 10.1 Å². The van der Waals surface area contributed by atoms with Crippen LogP contribution in [0.25, 0.3) is 10.9 Å². The Balaban J connectivity index is 1.65. The first-order valence-electron chi connectivity index (χ1n) is 8.56. The van der Waals surface area contributed by atoms with E-state index in [1.807, 2.05) is 72.8 Å². The average Bonchev–Trinajstić information content (AvgIpc) is 2.69. The van der Waals surface area contributed by atoms with Crippen LogP contribution >= 0.6 is 0 Å². The zero-order valence-electron chi connectivity index (χ0n) is 14.7. The molecule has 5 heteroatoms. The van der Waals surface area contributed by atoms with Gasteiger partial charge in [0.05, 0.1) is 17.1 Å². The molecule has 132 valence electrons. The molecular weight excluding hydrogens is 338 g/mol. The van der Waals surface area contributed by atoms with E-state index in [0.717, 1.165) is 11.3 Å². The van der Waals surface area contributed by atoms with Crippen molar-refractivity contribution < 1.29 is 4.74 Å². The highest BCUT2D eigenvalue weighted by Crippen LogP contribution is 2.21. The molecule has 0 unspecified atom stereocenters. The molecule has 0 bridgehead atoms. The monoisotopic (exact) mass is 355 g/mol. The Morgan fingerprint density at radius 3 is 2.52 bits per heavy atom. The molecule has 0 N–H and O–H groups in total. The van der Waals surface area contributed by atoms with Crippen LogP contribution in [0.2, 0.25) is 0 Å². The summed E-state index contributed by atoms with van der Waals surface area (Å²) in [5, 5.41) is 4.88. The van der Waals surface area contributed by atoms with Crippen LogP contribution < -0.4 is 10.3 Å². The molecule has 1 heterocycles. The third-order valence-corrected chi connectivity index (χ3v) is 4.07. The van der Waals surface area contributed by atoms with Crippen molar-refractivity contribution in [2.24, 2.45) is 5.10 Å². The predicted molar refractivity (Wildman–Crippen MR) is 107 cm³/mol. The molecule has 0 spiro atoms. The van der Waals surface area contributed by atoms with Gasteiger partial charge in [0, 0.05) is 0 Å². The minimum atomic E-state index is -0.189. The molecule has 27 heavy (non-hydrogen) atoms. The minimum absolute atomic E-state index is 0.189. The maximum absolute atomic E-state index is 12.7. The lowest BCUT2D eigenvalue weighted by Crippen LogP contribution is -2.20. The molecule has 0 aliphatic rings. The van der Waals surface area contributed by atoms with E-state index in [4.69, 9.17) is 4.74 Å². The lowest BCUT2D eigenvalue weighted by Gasteiger charge is -2.07. The fraction of sp³-hybridized carbons (Fsp3) is 0.0455. The molecule has 3 aromatic carbocycles. The molecule has 0 fully saturated rings. The van der Waals surface area contributed by atoms with Crippen LogP contribution in [0.15, 0.2) is 88.8 Å². The molecule has 0 aliphatic carbocycles. The van der Waals surface area contributed by atoms with Crippen molar-refractivity contribution in [1.82, 2.24) is 9.66 Å². The largest absolute Gasteiger partial charge is 0.457 e. The van der Waals surface area contributed by atoms with Gasteiger partial charge < -0.3 is 4.74 Å². The zero-order chi connectivity index (χ0) is 18.6. The predicted octanol–water partition coefficient (Wildman–Crippen LogP) is 4.38. The topological polar surface area (TPSA) is 56.5 Å². The van der Waals surface area contributed by atoms with Crippen molar-refractivity contribution in [3.63, 3.8) is 0 Å². The third-order valence-electron chi connectivity index (χ3n) is 4.07. The lowest BCUT2D eigenvalue weighted by molar-refractivity contribution is 0.482. The highest BCUT2D eigenvalue weighted by atomic mass is 16.5. The summed E-state index contributed by atoms with van der Waals surface area (Å²) in [7, 11) is 0. The number of aryl methyl sites for hydroxylation is 1. The Kier molecular flexibility index (Phi) is 4.49. The fourth-order valence-corrected chi connectivity index (χ4v) is 2.78. The summed E-state index contributed by atoms with van der Waals surface area (Å²) in [4.78, 5) is 17.1. The zero-order valence-corrected chi connectivity index (χ0v) is 14.7. The van der Waals surface area contributed by atoms with Crippen molar-refractivity contribution in [3.05, 3.63) is 101 Å². The van der Waals surface area contributed by atoms with Crippen molar-refractivity contribution in [2.75, 3.05) is 0 Å². The average molecular weight is 355 g/mol. The molecule has 0 aliphatic heterocycles. The number of fused-ring (bicyclic) bond motifs is 1. The molecule has 4 rings (SSSR count). The van der Waals surface area contributed by atoms with E-state index in [0.29, 0.717) is 22.5 Å². The van der Waals surface area contributed by atoms with Crippen molar-refractivity contribution in [2.45, 2.75) is 6.92 Å². The van der Waals surface area contributed by atoms with Crippen LogP contribution in [0.3, 0.4) is 0 Å². The van der Waals surface area contributed by atoms with Gasteiger partial charge >= 0.3 is 0 Å². The van der Waals surface area contributed by atoms with E-state index in [9.17, 15) is 4.79 Å². The molecule has 0 saturated carbocycles. The number of para-hydroxylation sites is 2. The second-order valence-corrected chi connectivity index (χ2v) is 6.03. The van der Waals surface area contributed by atoms with E-state index in [-0.39, 0.29) is 5.56 Å². The normalized spacial score (nSPS) is 11.1. The number of hydrogen-bond donors (Lipinski definition) is 0. The van der Waals surface area contributed by atoms with Crippen molar-refractivity contribution in [1.29, 1.82) is 0 Å². The fourth-order valence-electron chi connectivity index (χ4n) is 2.78. The molecule has 0 radical (unpaired) electrons. The maximum Gasteiger partial charge on any atom is 0.282 e. The Hall–Kier alpha value is -3.73. The Bertz CT molecular complexity index is 1180. The SMILES string of the molecule is Cc1nc2ccccc2c(=O)n1/N=C\c1cccc(Oc2ccccc2)c1. The van der Waals surface area contributed by atoms with Crippen molar-refractivity contribution >= 4 is 17.1 Å². The molecular formula is C22H17N3O2. The number of benzene rings is 3. The summed E-state index contributed by atoms with van der Waals surface area (Å²) >= 11 is 0. The molecule has 0 amide bonds. The Morgan fingerprint density at radius 2 is 1.67 bits per heavy atom. The highest BCUT2D eigenvalue weighted by Gasteiger charge is 2.06. The van der Waals surface area contributed by atoms with Gasteiger partial charge in [-0.15, -0.1) is 0 Å². The smallest absolute Gasteiger partial charge is 0.282 e. The number of rotatable bonds is 4. The lowest BCUT2D eigenvalue weighted by atomic mass is 10.2. The molecule has 5 nitrogen and oxygen atoms in total. The van der Waals surface area contributed by atoms with Gasteiger partial charge in [-0.1, -0.05) is 42.5 Å². The summed E-state index contributed by atoms with van der Waals surface area (Å²) in [5.41, 5.74) is 1.30. The quantitative estimate of drug-likeness (QED) is 0.511. The van der Waals surface area contributed by atoms with Gasteiger partial charge in [-0.05, 0) is 48.9 Å². The number of hydrogen-bond acceptors (Lipinski definition) is 4. The summed E-state index contributed by atoms with van der Waals surface area (Å²) in [6.45, 7) is 1.76. The molecule has 0 saturated heterocycles. The number of aromatic nitrogens is 2. The second kappa shape index (κ2) is 7.25. The van der Waals surface area contributed by atoms with E-state index >= 15 is 0 Å². The first kappa shape index (κ1) is 16.7. The van der Waals surface area contributed by atoms with E-state index in [1.54, 1.807) is 19.2 Å². The third kappa shape index (κ3) is 3.62. The van der Waals surface area contributed by atoms with Crippen LogP contribution in [0, 0.1) is 6.92 Å². The van der Waals surface area contributed by atoms with Crippen molar-refractivity contribution in [3.8, 4) is 11.5 Å². The standard InChI is InChI=1S/C22H17N3O2/c1-16-24-21-13-6-5-12-20(21)22(26)25(16)23-15-17-8-7-11-19(14-17)27-18-9-3-2-4-10-18/h2-15H,1H3/b23-15-. The first-order chi connectivity index (χ1) is 13.2. The van der Waals surface area contributed by atoms with Gasteiger partial charge in [-0.25, -0.2) is 4.98 Å². The van der Waals surface area contributed by atoms with Gasteiger partial charge in [0.15, 0.2) is 0 Å². The second-order valence-electron chi connectivity index (χ2n) is 6.03. The van der Waals surface area contributed by atoms with E-state index < -0.39 is 0 Å². The minimum Gasteiger partial charge on any atom is -0.457 e. The van der Waals surface area contributed by atoms with E-state index in [1.165, 1.54) is 4.68 Å². The van der Waals surface area contributed by atoms with Gasteiger partial charge in [0.25, 0.3) is 5.56 Å². The van der Waals surface area contributed by atoms with Crippen LogP contribution in [0.4, 0.5) is 0 Å². The van der Waals surface area contributed by atoms with Gasteiger partial charge in [0.2, 0.25) is 0 Å². The molecule has 1 aromatic heterocycles. The molecule has 0 atom stereocenters. The van der Waals surface area contributed by atoms with Gasteiger partial charge in [0.1, 0.15) is 17.3 Å². The van der Waals surface area contributed by atoms with Gasteiger partial charge in [-0.3, -0.25) is 4.79 Å². The van der Waals surface area contributed by atoms with Gasteiger partial charge in [-0.2, -0.15) is 9.78 Å². The maximum atomic E-state index is 12.7. The van der Waals surface area contributed by atoms with Crippen LogP contribution in [0.1, 0.15) is 11.4 Å².